The minimum Gasteiger partial charge on any atom is -0.399 e. The number of nitrogens with two attached hydrogens (primary N) is 1. The van der Waals surface area contributed by atoms with Gasteiger partial charge in [0.25, 0.3) is 0 Å². The highest BCUT2D eigenvalue weighted by Crippen LogP contribution is 2.23. The molecule has 1 aromatic rings. The molecule has 0 spiro atoms. The Hall–Kier alpha value is -1.31. The van der Waals surface area contributed by atoms with E-state index in [0.717, 1.165) is 0 Å². The van der Waals surface area contributed by atoms with Gasteiger partial charge in [-0.05, 0) is 18.2 Å². The van der Waals surface area contributed by atoms with E-state index in [9.17, 15) is 13.2 Å². The van der Waals surface area contributed by atoms with Crippen molar-refractivity contribution in [1.29, 1.82) is 0 Å². The number of hydrogen-bond acceptors (Lipinski definition) is 4. The summed E-state index contributed by atoms with van der Waals surface area (Å²) in [7, 11) is -3.69. The van der Waals surface area contributed by atoms with Crippen molar-refractivity contribution >= 4 is 33.2 Å². The minimum atomic E-state index is -3.69. The molecule has 18 heavy (non-hydrogen) atoms. The number of carbonyl (C=O) groups excluding carboxylic acids is 1. The highest BCUT2D eigenvalue weighted by Gasteiger charge is 2.17. The van der Waals surface area contributed by atoms with E-state index < -0.39 is 10.0 Å². The first-order valence-electron chi connectivity index (χ1n) is 5.12. The van der Waals surface area contributed by atoms with Gasteiger partial charge in [0.05, 0.1) is 5.02 Å². The Morgan fingerprint density at radius 1 is 1.39 bits per heavy atom. The normalized spacial score (nSPS) is 11.2. The van der Waals surface area contributed by atoms with Gasteiger partial charge in [0, 0.05) is 25.7 Å². The topological polar surface area (TPSA) is 101 Å². The molecule has 6 nitrogen and oxygen atoms in total. The van der Waals surface area contributed by atoms with Gasteiger partial charge < -0.3 is 11.1 Å². The van der Waals surface area contributed by atoms with Gasteiger partial charge in [-0.15, -0.1) is 0 Å². The van der Waals surface area contributed by atoms with Crippen LogP contribution in [0, 0.1) is 0 Å². The Bertz CT molecular complexity index is 545. The van der Waals surface area contributed by atoms with E-state index in [1.807, 2.05) is 0 Å². The minimum absolute atomic E-state index is 0.0406. The second-order valence-electron chi connectivity index (χ2n) is 3.57. The Morgan fingerprint density at radius 3 is 2.61 bits per heavy atom. The molecule has 0 radical (unpaired) electrons. The van der Waals surface area contributed by atoms with Crippen molar-refractivity contribution < 1.29 is 13.2 Å². The predicted octanol–water partition coefficient (Wildman–Crippen LogP) is 0.337. The summed E-state index contributed by atoms with van der Waals surface area (Å²) in [5.74, 6) is -0.222. The smallest absolute Gasteiger partial charge is 0.242 e. The summed E-state index contributed by atoms with van der Waals surface area (Å²) in [6.45, 7) is 1.65. The van der Waals surface area contributed by atoms with Gasteiger partial charge in [0.1, 0.15) is 4.90 Å². The van der Waals surface area contributed by atoms with E-state index in [1.165, 1.54) is 25.1 Å². The Morgan fingerprint density at radius 2 is 2.06 bits per heavy atom. The van der Waals surface area contributed by atoms with Crippen molar-refractivity contribution in [3.8, 4) is 0 Å². The zero-order chi connectivity index (χ0) is 13.8. The second kappa shape index (κ2) is 6.03. The molecule has 0 aliphatic carbocycles. The third-order valence-electron chi connectivity index (χ3n) is 2.04. The average Bonchev–Trinajstić information content (AvgIpc) is 2.23. The van der Waals surface area contributed by atoms with Gasteiger partial charge in [-0.1, -0.05) is 11.6 Å². The summed E-state index contributed by atoms with van der Waals surface area (Å²) in [4.78, 5) is 10.6. The zero-order valence-electron chi connectivity index (χ0n) is 9.73. The molecule has 0 aliphatic heterocycles. The number of hydrogen-bond donors (Lipinski definition) is 3. The van der Waals surface area contributed by atoms with Gasteiger partial charge in [0.2, 0.25) is 15.9 Å². The number of nitrogen functional groups attached to an aromatic ring is 1. The maximum atomic E-state index is 11.9. The van der Waals surface area contributed by atoms with Crippen LogP contribution < -0.4 is 15.8 Å². The number of rotatable bonds is 5. The van der Waals surface area contributed by atoms with Gasteiger partial charge in [-0.2, -0.15) is 0 Å². The molecule has 0 saturated carbocycles. The van der Waals surface area contributed by atoms with Gasteiger partial charge in [-0.3, -0.25) is 4.79 Å². The predicted molar refractivity (Wildman–Crippen MR) is 69.7 cm³/mol. The summed E-state index contributed by atoms with van der Waals surface area (Å²) >= 11 is 5.81. The first-order chi connectivity index (χ1) is 8.33. The van der Waals surface area contributed by atoms with Crippen LogP contribution in [-0.2, 0) is 14.8 Å². The van der Waals surface area contributed by atoms with Crippen LogP contribution in [-0.4, -0.2) is 27.4 Å². The average molecular weight is 292 g/mol. The van der Waals surface area contributed by atoms with Crippen LogP contribution in [0.3, 0.4) is 0 Å². The zero-order valence-corrected chi connectivity index (χ0v) is 11.3. The molecule has 1 amide bonds. The van der Waals surface area contributed by atoms with Crippen molar-refractivity contribution in [3.63, 3.8) is 0 Å². The molecule has 0 aliphatic rings. The lowest BCUT2D eigenvalue weighted by Gasteiger charge is -2.09. The van der Waals surface area contributed by atoms with Crippen molar-refractivity contribution in [2.24, 2.45) is 0 Å². The fourth-order valence-corrected chi connectivity index (χ4v) is 2.82. The monoisotopic (exact) mass is 291 g/mol. The first kappa shape index (κ1) is 14.7. The van der Waals surface area contributed by atoms with E-state index >= 15 is 0 Å². The Kier molecular flexibility index (Phi) is 4.94. The number of carbonyl (C=O) groups is 1. The maximum Gasteiger partial charge on any atom is 0.242 e. The number of nitrogens with one attached hydrogen (secondary N) is 2. The highest BCUT2D eigenvalue weighted by molar-refractivity contribution is 7.89. The maximum absolute atomic E-state index is 11.9. The summed E-state index contributed by atoms with van der Waals surface area (Å²) in [5, 5.41) is 2.53. The van der Waals surface area contributed by atoms with E-state index in [0.29, 0.717) is 5.69 Å². The third kappa shape index (κ3) is 4.17. The van der Waals surface area contributed by atoms with Gasteiger partial charge in [0.15, 0.2) is 0 Å². The molecule has 0 atom stereocenters. The lowest BCUT2D eigenvalue weighted by molar-refractivity contribution is -0.118. The van der Waals surface area contributed by atoms with E-state index in [4.69, 9.17) is 17.3 Å². The van der Waals surface area contributed by atoms with Crippen molar-refractivity contribution in [2.45, 2.75) is 11.8 Å². The molecular weight excluding hydrogens is 278 g/mol. The van der Waals surface area contributed by atoms with Crippen LogP contribution in [0.15, 0.2) is 23.1 Å². The molecule has 0 fully saturated rings. The fraction of sp³-hybridized carbons (Fsp3) is 0.300. The molecule has 0 saturated heterocycles. The number of amides is 1. The summed E-state index contributed by atoms with van der Waals surface area (Å²) in [6.07, 6.45) is 0. The standard InChI is InChI=1S/C10H14ClN3O3S/c1-7(15)13-4-5-14-18(16,17)10-3-2-8(12)6-9(10)11/h2-3,6,14H,4-5,12H2,1H3,(H,13,15). The Balaban J connectivity index is 2.71. The van der Waals surface area contributed by atoms with Crippen molar-refractivity contribution in [2.75, 3.05) is 18.8 Å². The van der Waals surface area contributed by atoms with Crippen LogP contribution >= 0.6 is 11.6 Å². The van der Waals surface area contributed by atoms with E-state index in [2.05, 4.69) is 10.0 Å². The number of sulfonamides is 1. The van der Waals surface area contributed by atoms with Gasteiger partial charge in [-0.25, -0.2) is 13.1 Å². The molecule has 0 unspecified atom stereocenters. The number of anilines is 1. The van der Waals surface area contributed by atoms with Crippen molar-refractivity contribution in [1.82, 2.24) is 10.0 Å². The van der Waals surface area contributed by atoms with E-state index in [-0.39, 0.29) is 28.9 Å². The number of halogens is 1. The SMILES string of the molecule is CC(=O)NCCNS(=O)(=O)c1ccc(N)cc1Cl. The molecule has 1 rings (SSSR count). The summed E-state index contributed by atoms with van der Waals surface area (Å²) in [5.41, 5.74) is 5.86. The molecule has 100 valence electrons. The third-order valence-corrected chi connectivity index (χ3v) is 3.98. The highest BCUT2D eigenvalue weighted by atomic mass is 35.5. The van der Waals surface area contributed by atoms with E-state index in [1.54, 1.807) is 0 Å². The Labute approximate surface area is 111 Å². The van der Waals surface area contributed by atoms with Crippen molar-refractivity contribution in [3.05, 3.63) is 23.2 Å². The number of benzene rings is 1. The molecule has 8 heteroatoms. The van der Waals surface area contributed by atoms with Crippen LogP contribution in [0.1, 0.15) is 6.92 Å². The van der Waals surface area contributed by atoms with Crippen LogP contribution in [0.5, 0.6) is 0 Å². The lowest BCUT2D eigenvalue weighted by atomic mass is 10.3. The molecule has 0 heterocycles. The lowest BCUT2D eigenvalue weighted by Crippen LogP contribution is -2.33. The first-order valence-corrected chi connectivity index (χ1v) is 6.98. The molecule has 4 N–H and O–H groups in total. The molecule has 0 aromatic heterocycles. The quantitative estimate of drug-likeness (QED) is 0.538. The van der Waals surface area contributed by atoms with Crippen LogP contribution in [0.25, 0.3) is 0 Å². The van der Waals surface area contributed by atoms with Crippen LogP contribution in [0.4, 0.5) is 5.69 Å². The molecule has 1 aromatic carbocycles. The van der Waals surface area contributed by atoms with Gasteiger partial charge >= 0.3 is 0 Å². The largest absolute Gasteiger partial charge is 0.399 e. The van der Waals surface area contributed by atoms with Crippen LogP contribution in [0.2, 0.25) is 5.02 Å². The second-order valence-corrected chi connectivity index (χ2v) is 5.71. The molecular formula is C10H14ClN3O3S. The molecule has 0 bridgehead atoms. The summed E-state index contributed by atoms with van der Waals surface area (Å²) in [6, 6.07) is 4.15. The fourth-order valence-electron chi connectivity index (χ4n) is 1.24. The summed E-state index contributed by atoms with van der Waals surface area (Å²) < 4.78 is 26.0.